The summed E-state index contributed by atoms with van der Waals surface area (Å²) >= 11 is 2.72. The Bertz CT molecular complexity index is 1170. The molecule has 1 aliphatic carbocycles. The normalized spacial score (nSPS) is 15.9. The van der Waals surface area contributed by atoms with Gasteiger partial charge in [0, 0.05) is 22.9 Å². The molecule has 4 rings (SSSR count). The van der Waals surface area contributed by atoms with Crippen LogP contribution >= 0.6 is 23.1 Å². The van der Waals surface area contributed by atoms with E-state index in [9.17, 15) is 18.0 Å². The van der Waals surface area contributed by atoms with Crippen LogP contribution in [0.3, 0.4) is 0 Å². The smallest absolute Gasteiger partial charge is 0.341 e. The highest BCUT2D eigenvalue weighted by atomic mass is 32.2. The van der Waals surface area contributed by atoms with E-state index in [1.165, 1.54) is 35.2 Å². The average molecular weight is 509 g/mol. The van der Waals surface area contributed by atoms with Crippen molar-refractivity contribution in [2.24, 2.45) is 0 Å². The first kappa shape index (κ1) is 24.1. The number of carbonyl (C=O) groups is 2. The van der Waals surface area contributed by atoms with Crippen molar-refractivity contribution in [3.05, 3.63) is 39.8 Å². The molecule has 0 atom stereocenters. The second-order valence-electron chi connectivity index (χ2n) is 8.10. The predicted molar refractivity (Wildman–Crippen MR) is 131 cm³/mol. The largest absolute Gasteiger partial charge is 0.462 e. The van der Waals surface area contributed by atoms with Gasteiger partial charge in [-0.15, -0.1) is 23.1 Å². The number of benzene rings is 1. The molecule has 0 bridgehead atoms. The van der Waals surface area contributed by atoms with E-state index in [1.54, 1.807) is 17.9 Å². The summed E-state index contributed by atoms with van der Waals surface area (Å²) in [4.78, 5) is 29.3. The van der Waals surface area contributed by atoms with E-state index in [1.807, 2.05) is 6.26 Å². The molecule has 2 aliphatic rings. The molecule has 1 aliphatic heterocycles. The SMILES string of the molecule is CCOC(=O)c1c(NS(=O)(=O)c2ccc(SC)c(C(=O)N3CCCC3)c2)sc2c1CCCC2. The first-order valence-corrected chi connectivity index (χ1v) is 14.7. The number of carbonyl (C=O) groups excluding carboxylic acids is 2. The topological polar surface area (TPSA) is 92.8 Å². The van der Waals surface area contributed by atoms with Gasteiger partial charge in [-0.1, -0.05) is 0 Å². The van der Waals surface area contributed by atoms with Crippen LogP contribution < -0.4 is 4.72 Å². The highest BCUT2D eigenvalue weighted by molar-refractivity contribution is 7.98. The van der Waals surface area contributed by atoms with E-state index >= 15 is 0 Å². The number of nitrogens with zero attached hydrogens (tertiary/aromatic N) is 1. The summed E-state index contributed by atoms with van der Waals surface area (Å²) in [6.07, 6.45) is 7.31. The van der Waals surface area contributed by atoms with Gasteiger partial charge < -0.3 is 9.64 Å². The van der Waals surface area contributed by atoms with Crippen LogP contribution in [-0.4, -0.2) is 51.1 Å². The summed E-state index contributed by atoms with van der Waals surface area (Å²) in [6, 6.07) is 4.63. The van der Waals surface area contributed by atoms with Crippen LogP contribution in [-0.2, 0) is 27.6 Å². The highest BCUT2D eigenvalue weighted by Crippen LogP contribution is 2.40. The molecule has 1 N–H and O–H groups in total. The van der Waals surface area contributed by atoms with E-state index in [0.717, 1.165) is 53.9 Å². The number of sulfonamides is 1. The Hall–Kier alpha value is -2.04. The number of thioether (sulfide) groups is 1. The second-order valence-corrected chi connectivity index (χ2v) is 11.7. The lowest BCUT2D eigenvalue weighted by molar-refractivity contribution is 0.0526. The molecule has 1 aromatic carbocycles. The number of amides is 1. The molecular weight excluding hydrogens is 480 g/mol. The number of aryl methyl sites for hydroxylation is 1. The van der Waals surface area contributed by atoms with Crippen molar-refractivity contribution < 1.29 is 22.7 Å². The summed E-state index contributed by atoms with van der Waals surface area (Å²) in [5, 5.41) is 0.293. The molecule has 33 heavy (non-hydrogen) atoms. The van der Waals surface area contributed by atoms with Crippen molar-refractivity contribution in [1.29, 1.82) is 0 Å². The second kappa shape index (κ2) is 10.1. The number of likely N-dealkylation sites (tertiary alicyclic amines) is 1. The van der Waals surface area contributed by atoms with Crippen LogP contribution in [0.15, 0.2) is 28.0 Å². The number of hydrogen-bond donors (Lipinski definition) is 1. The summed E-state index contributed by atoms with van der Waals surface area (Å²) in [5.74, 6) is -0.648. The van der Waals surface area contributed by atoms with Crippen LogP contribution in [0.5, 0.6) is 0 Å². The Balaban J connectivity index is 1.70. The number of fused-ring (bicyclic) bond motifs is 1. The predicted octanol–water partition coefficient (Wildman–Crippen LogP) is 4.56. The quantitative estimate of drug-likeness (QED) is 0.435. The number of hydrogen-bond acceptors (Lipinski definition) is 7. The molecule has 2 aromatic rings. The molecule has 1 fully saturated rings. The fourth-order valence-corrected chi connectivity index (χ4v) is 7.53. The molecule has 0 saturated carbocycles. The Morgan fingerprint density at radius 1 is 1.15 bits per heavy atom. The number of esters is 1. The van der Waals surface area contributed by atoms with E-state index < -0.39 is 16.0 Å². The summed E-state index contributed by atoms with van der Waals surface area (Å²) in [6.45, 7) is 3.32. The Kier molecular flexibility index (Phi) is 7.35. The Morgan fingerprint density at radius 2 is 1.88 bits per heavy atom. The van der Waals surface area contributed by atoms with Crippen molar-refractivity contribution >= 4 is 50.0 Å². The number of thiophene rings is 1. The number of anilines is 1. The highest BCUT2D eigenvalue weighted by Gasteiger charge is 2.30. The van der Waals surface area contributed by atoms with Gasteiger partial charge in [0.15, 0.2) is 0 Å². The number of ether oxygens (including phenoxy) is 1. The first-order valence-electron chi connectivity index (χ1n) is 11.2. The van der Waals surface area contributed by atoms with Crippen molar-refractivity contribution in [3.63, 3.8) is 0 Å². The Labute approximate surface area is 202 Å². The molecular formula is C23H28N2O5S3. The average Bonchev–Trinajstić information content (AvgIpc) is 3.46. The standard InChI is InChI=1S/C23H28N2O5S3/c1-3-30-23(27)20-16-8-4-5-9-19(16)32-21(20)24-33(28,29)15-10-11-18(31-2)17(14-15)22(26)25-12-6-7-13-25/h10-11,14,24H,3-9,12-13H2,1-2H3. The summed E-state index contributed by atoms with van der Waals surface area (Å²) in [5.41, 5.74) is 1.61. The van der Waals surface area contributed by atoms with Gasteiger partial charge >= 0.3 is 5.97 Å². The van der Waals surface area contributed by atoms with E-state index in [4.69, 9.17) is 4.74 Å². The van der Waals surface area contributed by atoms with Crippen LogP contribution in [0.25, 0.3) is 0 Å². The van der Waals surface area contributed by atoms with Crippen molar-refractivity contribution in [2.75, 3.05) is 30.7 Å². The van der Waals surface area contributed by atoms with Gasteiger partial charge in [0.1, 0.15) is 5.00 Å². The van der Waals surface area contributed by atoms with Gasteiger partial charge in [0.25, 0.3) is 15.9 Å². The lowest BCUT2D eigenvalue weighted by atomic mass is 9.95. The molecule has 0 spiro atoms. The number of rotatable bonds is 7. The summed E-state index contributed by atoms with van der Waals surface area (Å²) in [7, 11) is -4.02. The zero-order valence-corrected chi connectivity index (χ0v) is 21.3. The van der Waals surface area contributed by atoms with Gasteiger partial charge in [0.05, 0.1) is 22.6 Å². The molecule has 1 aromatic heterocycles. The third-order valence-electron chi connectivity index (χ3n) is 5.98. The molecule has 0 radical (unpaired) electrons. The molecule has 1 amide bonds. The molecule has 1 saturated heterocycles. The van der Waals surface area contributed by atoms with Gasteiger partial charge in [-0.2, -0.15) is 0 Å². The summed E-state index contributed by atoms with van der Waals surface area (Å²) < 4.78 is 34.6. The maximum atomic E-state index is 13.4. The maximum absolute atomic E-state index is 13.4. The minimum Gasteiger partial charge on any atom is -0.462 e. The van der Waals surface area contributed by atoms with E-state index in [0.29, 0.717) is 29.2 Å². The third kappa shape index (κ3) is 4.93. The van der Waals surface area contributed by atoms with Gasteiger partial charge in [-0.3, -0.25) is 9.52 Å². The molecule has 178 valence electrons. The monoisotopic (exact) mass is 508 g/mol. The molecule has 10 heteroatoms. The van der Waals surface area contributed by atoms with Gasteiger partial charge in [-0.25, -0.2) is 13.2 Å². The van der Waals surface area contributed by atoms with Crippen LogP contribution in [0, 0.1) is 0 Å². The van der Waals surface area contributed by atoms with Crippen molar-refractivity contribution in [3.8, 4) is 0 Å². The zero-order chi connectivity index (χ0) is 23.6. The van der Waals surface area contributed by atoms with Crippen LogP contribution in [0.4, 0.5) is 5.00 Å². The third-order valence-corrected chi connectivity index (χ3v) is 9.46. The molecule has 2 heterocycles. The number of nitrogens with one attached hydrogen (secondary N) is 1. The van der Waals surface area contributed by atoms with Crippen LogP contribution in [0.2, 0.25) is 0 Å². The van der Waals surface area contributed by atoms with E-state index in [-0.39, 0.29) is 17.4 Å². The van der Waals surface area contributed by atoms with Crippen molar-refractivity contribution in [1.82, 2.24) is 4.90 Å². The first-order chi connectivity index (χ1) is 15.9. The lowest BCUT2D eigenvalue weighted by Crippen LogP contribution is -2.28. The van der Waals surface area contributed by atoms with Gasteiger partial charge in [0.2, 0.25) is 0 Å². The minimum absolute atomic E-state index is 0.00373. The minimum atomic E-state index is -4.02. The van der Waals surface area contributed by atoms with E-state index in [2.05, 4.69) is 4.72 Å². The Morgan fingerprint density at radius 3 is 2.58 bits per heavy atom. The fourth-order valence-electron chi connectivity index (χ4n) is 4.35. The lowest BCUT2D eigenvalue weighted by Gasteiger charge is -2.18. The maximum Gasteiger partial charge on any atom is 0.341 e. The van der Waals surface area contributed by atoms with Crippen LogP contribution in [0.1, 0.15) is 63.8 Å². The zero-order valence-electron chi connectivity index (χ0n) is 18.8. The molecule has 0 unspecified atom stereocenters. The molecule has 7 nitrogen and oxygen atoms in total. The fraction of sp³-hybridized carbons (Fsp3) is 0.478. The van der Waals surface area contributed by atoms with Gasteiger partial charge in [-0.05, 0) is 75.5 Å². The van der Waals surface area contributed by atoms with Crippen molar-refractivity contribution in [2.45, 2.75) is 55.2 Å².